The summed E-state index contributed by atoms with van der Waals surface area (Å²) in [6, 6.07) is 7.38. The van der Waals surface area contributed by atoms with E-state index in [-0.39, 0.29) is 24.5 Å². The van der Waals surface area contributed by atoms with E-state index in [0.29, 0.717) is 5.69 Å². The molecule has 2 aromatic rings. The predicted octanol–water partition coefficient (Wildman–Crippen LogP) is 2.86. The lowest BCUT2D eigenvalue weighted by Gasteiger charge is -2.10. The Kier molecular flexibility index (Phi) is 4.77. The van der Waals surface area contributed by atoms with Crippen molar-refractivity contribution in [1.29, 1.82) is 0 Å². The fourth-order valence-electron chi connectivity index (χ4n) is 1.79. The van der Waals surface area contributed by atoms with Gasteiger partial charge in [-0.25, -0.2) is 13.6 Å². The van der Waals surface area contributed by atoms with Crippen molar-refractivity contribution < 1.29 is 28.5 Å². The molecule has 0 bridgehead atoms. The topological polar surface area (TPSA) is 78.8 Å². The van der Waals surface area contributed by atoms with Crippen LogP contribution in [0.5, 0.6) is 11.5 Å². The lowest BCUT2D eigenvalue weighted by atomic mass is 10.2. The van der Waals surface area contributed by atoms with Crippen LogP contribution in [0.1, 0.15) is 10.4 Å². The highest BCUT2D eigenvalue weighted by Gasteiger charge is 2.11. The Hall–Kier alpha value is -2.83. The van der Waals surface area contributed by atoms with Crippen molar-refractivity contribution in [3.63, 3.8) is 0 Å². The number of ether oxygens (including phenoxy) is 1. The van der Waals surface area contributed by atoms with Gasteiger partial charge in [0.15, 0.2) is 17.4 Å². The first-order chi connectivity index (χ1) is 10.5. The molecule has 0 heterocycles. The first kappa shape index (κ1) is 15.6. The SMILES string of the molecule is O=C(O)c1cc(NCCOc2c(F)cccc2F)ccc1O. The predicted molar refractivity (Wildman–Crippen MR) is 75.4 cm³/mol. The highest BCUT2D eigenvalue weighted by molar-refractivity contribution is 5.91. The van der Waals surface area contributed by atoms with Crippen molar-refractivity contribution >= 4 is 11.7 Å². The summed E-state index contributed by atoms with van der Waals surface area (Å²) in [4.78, 5) is 10.9. The molecule has 0 aliphatic carbocycles. The number of carbonyl (C=O) groups is 1. The molecule has 0 fully saturated rings. The average Bonchev–Trinajstić information content (AvgIpc) is 2.47. The van der Waals surface area contributed by atoms with Crippen LogP contribution in [-0.4, -0.2) is 29.3 Å². The molecule has 0 aliphatic heterocycles. The smallest absolute Gasteiger partial charge is 0.339 e. The number of hydrogen-bond donors (Lipinski definition) is 3. The van der Waals surface area contributed by atoms with Gasteiger partial charge in [-0.2, -0.15) is 0 Å². The van der Waals surface area contributed by atoms with Crippen molar-refractivity contribution in [3.8, 4) is 11.5 Å². The van der Waals surface area contributed by atoms with Gasteiger partial charge in [0.25, 0.3) is 0 Å². The van der Waals surface area contributed by atoms with Crippen LogP contribution in [0, 0.1) is 11.6 Å². The van der Waals surface area contributed by atoms with E-state index in [9.17, 15) is 18.7 Å². The number of halogens is 2. The molecule has 0 saturated carbocycles. The van der Waals surface area contributed by atoms with Crippen molar-refractivity contribution in [2.75, 3.05) is 18.5 Å². The standard InChI is InChI=1S/C15H13F2NO4/c16-11-2-1-3-12(17)14(11)22-7-6-18-9-4-5-13(19)10(8-9)15(20)21/h1-5,8,18-19H,6-7H2,(H,20,21). The minimum Gasteiger partial charge on any atom is -0.507 e. The summed E-state index contributed by atoms with van der Waals surface area (Å²) in [6.45, 7) is 0.165. The lowest BCUT2D eigenvalue weighted by molar-refractivity contribution is 0.0694. The zero-order chi connectivity index (χ0) is 16.1. The summed E-state index contributed by atoms with van der Waals surface area (Å²) in [5.74, 6) is -3.65. The highest BCUT2D eigenvalue weighted by atomic mass is 19.1. The van der Waals surface area contributed by atoms with Gasteiger partial charge in [-0.3, -0.25) is 0 Å². The van der Waals surface area contributed by atoms with Gasteiger partial charge < -0.3 is 20.3 Å². The summed E-state index contributed by atoms with van der Waals surface area (Å²) in [6.07, 6.45) is 0. The molecule has 5 nitrogen and oxygen atoms in total. The molecule has 116 valence electrons. The molecule has 0 aromatic heterocycles. The van der Waals surface area contributed by atoms with Crippen LogP contribution >= 0.6 is 0 Å². The van der Waals surface area contributed by atoms with Gasteiger partial charge in [0.05, 0.1) is 0 Å². The maximum Gasteiger partial charge on any atom is 0.339 e. The number of benzene rings is 2. The maximum absolute atomic E-state index is 13.3. The maximum atomic E-state index is 13.3. The van der Waals surface area contributed by atoms with Gasteiger partial charge in [-0.05, 0) is 30.3 Å². The van der Waals surface area contributed by atoms with Crippen LogP contribution in [0.4, 0.5) is 14.5 Å². The second kappa shape index (κ2) is 6.75. The first-order valence-corrected chi connectivity index (χ1v) is 6.36. The Balaban J connectivity index is 1.92. The van der Waals surface area contributed by atoms with Gasteiger partial charge in [0.2, 0.25) is 0 Å². The van der Waals surface area contributed by atoms with E-state index >= 15 is 0 Å². The van der Waals surface area contributed by atoms with Crippen LogP contribution < -0.4 is 10.1 Å². The zero-order valence-corrected chi connectivity index (χ0v) is 11.3. The molecule has 0 spiro atoms. The summed E-state index contributed by atoms with van der Waals surface area (Å²) in [7, 11) is 0. The molecule has 22 heavy (non-hydrogen) atoms. The molecule has 0 aliphatic rings. The largest absolute Gasteiger partial charge is 0.507 e. The van der Waals surface area contributed by atoms with Crippen LogP contribution in [0.2, 0.25) is 0 Å². The van der Waals surface area contributed by atoms with E-state index in [1.54, 1.807) is 0 Å². The third-order valence-corrected chi connectivity index (χ3v) is 2.82. The van der Waals surface area contributed by atoms with Gasteiger partial charge >= 0.3 is 5.97 Å². The second-order valence-electron chi connectivity index (χ2n) is 4.36. The van der Waals surface area contributed by atoms with Crippen LogP contribution in [0.25, 0.3) is 0 Å². The van der Waals surface area contributed by atoms with Crippen LogP contribution in [-0.2, 0) is 0 Å². The van der Waals surface area contributed by atoms with Gasteiger partial charge in [-0.1, -0.05) is 6.07 Å². The Morgan fingerprint density at radius 1 is 1.18 bits per heavy atom. The number of aromatic carboxylic acids is 1. The Morgan fingerprint density at radius 3 is 2.50 bits per heavy atom. The van der Waals surface area contributed by atoms with Crippen molar-refractivity contribution in [1.82, 2.24) is 0 Å². The number of para-hydroxylation sites is 1. The molecular weight excluding hydrogens is 296 g/mol. The lowest BCUT2D eigenvalue weighted by Crippen LogP contribution is -2.13. The molecular formula is C15H13F2NO4. The Labute approximate surface area is 124 Å². The van der Waals surface area contributed by atoms with Gasteiger partial charge in [0, 0.05) is 12.2 Å². The fraction of sp³-hybridized carbons (Fsp3) is 0.133. The minimum absolute atomic E-state index is 0.0267. The Morgan fingerprint density at radius 2 is 1.86 bits per heavy atom. The summed E-state index contributed by atoms with van der Waals surface area (Å²) in [5, 5.41) is 21.1. The summed E-state index contributed by atoms with van der Waals surface area (Å²) >= 11 is 0. The van der Waals surface area contributed by atoms with Crippen molar-refractivity contribution in [3.05, 3.63) is 53.6 Å². The average molecular weight is 309 g/mol. The third kappa shape index (κ3) is 3.63. The quantitative estimate of drug-likeness (QED) is 0.565. The molecule has 2 aromatic carbocycles. The fourth-order valence-corrected chi connectivity index (χ4v) is 1.79. The van der Waals surface area contributed by atoms with Gasteiger partial charge in [0.1, 0.15) is 17.9 Å². The molecule has 7 heteroatoms. The van der Waals surface area contributed by atoms with Crippen LogP contribution in [0.3, 0.4) is 0 Å². The van der Waals surface area contributed by atoms with E-state index in [0.717, 1.165) is 12.1 Å². The minimum atomic E-state index is -1.26. The Bertz CT molecular complexity index is 671. The number of carboxylic acids is 1. The van der Waals surface area contributed by atoms with Gasteiger partial charge in [-0.15, -0.1) is 0 Å². The summed E-state index contributed by atoms with van der Waals surface area (Å²) < 4.78 is 31.6. The molecule has 0 amide bonds. The number of anilines is 1. The molecule has 2 rings (SSSR count). The number of nitrogens with one attached hydrogen (secondary N) is 1. The van der Waals surface area contributed by atoms with E-state index < -0.39 is 23.4 Å². The normalized spacial score (nSPS) is 10.3. The van der Waals surface area contributed by atoms with E-state index in [1.807, 2.05) is 0 Å². The molecule has 0 radical (unpaired) electrons. The second-order valence-corrected chi connectivity index (χ2v) is 4.36. The number of carboxylic acid groups (broad SMARTS) is 1. The van der Waals surface area contributed by atoms with Crippen molar-refractivity contribution in [2.45, 2.75) is 0 Å². The zero-order valence-electron chi connectivity index (χ0n) is 11.3. The summed E-state index contributed by atoms with van der Waals surface area (Å²) in [5.41, 5.74) is 0.193. The van der Waals surface area contributed by atoms with Crippen molar-refractivity contribution in [2.24, 2.45) is 0 Å². The van der Waals surface area contributed by atoms with E-state index in [1.165, 1.54) is 24.3 Å². The number of rotatable bonds is 6. The molecule has 0 unspecified atom stereocenters. The van der Waals surface area contributed by atoms with E-state index in [2.05, 4.69) is 5.32 Å². The molecule has 0 saturated heterocycles. The number of aromatic hydroxyl groups is 1. The third-order valence-electron chi connectivity index (χ3n) is 2.82. The monoisotopic (exact) mass is 309 g/mol. The molecule has 3 N–H and O–H groups in total. The molecule has 0 atom stereocenters. The number of phenols is 1. The van der Waals surface area contributed by atoms with Crippen LogP contribution in [0.15, 0.2) is 36.4 Å². The highest BCUT2D eigenvalue weighted by Crippen LogP contribution is 2.22. The number of hydrogen-bond acceptors (Lipinski definition) is 4. The van der Waals surface area contributed by atoms with E-state index in [4.69, 9.17) is 9.84 Å². The first-order valence-electron chi connectivity index (χ1n) is 6.36.